The number of aldehydes is 1. The minimum atomic E-state index is -0.251. The SMILES string of the molecule is O=Cc1ccc2cc(C3C=CC4=COCC4C3=O)ccc2n1. The maximum atomic E-state index is 12.6. The molecular weight excluding hydrogens is 278 g/mol. The molecule has 4 nitrogen and oxygen atoms in total. The molecule has 1 aromatic carbocycles. The molecule has 2 aliphatic rings. The van der Waals surface area contributed by atoms with Gasteiger partial charge in [0.2, 0.25) is 0 Å². The summed E-state index contributed by atoms with van der Waals surface area (Å²) in [5.74, 6) is -0.233. The summed E-state index contributed by atoms with van der Waals surface area (Å²) in [7, 11) is 0. The molecule has 0 amide bonds. The minimum absolute atomic E-state index is 0.152. The lowest BCUT2D eigenvalue weighted by atomic mass is 9.80. The van der Waals surface area contributed by atoms with Crippen molar-refractivity contribution in [2.75, 3.05) is 6.61 Å². The Hall–Kier alpha value is -2.75. The lowest BCUT2D eigenvalue weighted by molar-refractivity contribution is -0.122. The van der Waals surface area contributed by atoms with Crippen LogP contribution < -0.4 is 0 Å². The van der Waals surface area contributed by atoms with Crippen LogP contribution in [0.3, 0.4) is 0 Å². The monoisotopic (exact) mass is 291 g/mol. The van der Waals surface area contributed by atoms with Gasteiger partial charge in [0.25, 0.3) is 0 Å². The average Bonchev–Trinajstić information content (AvgIpc) is 3.04. The summed E-state index contributed by atoms with van der Waals surface area (Å²) in [4.78, 5) is 27.6. The first-order valence-electron chi connectivity index (χ1n) is 7.16. The fraction of sp³-hybridized carbons (Fsp3) is 0.167. The Bertz CT molecular complexity index is 851. The molecule has 0 saturated carbocycles. The number of rotatable bonds is 2. The van der Waals surface area contributed by atoms with Gasteiger partial charge in [0, 0.05) is 11.0 Å². The number of hydrogen-bond acceptors (Lipinski definition) is 4. The molecule has 0 radical (unpaired) electrons. The van der Waals surface area contributed by atoms with Crippen molar-refractivity contribution in [1.82, 2.24) is 4.98 Å². The smallest absolute Gasteiger partial charge is 0.168 e. The van der Waals surface area contributed by atoms with E-state index in [1.165, 1.54) is 0 Å². The molecule has 2 aromatic rings. The molecule has 0 saturated heterocycles. The Labute approximate surface area is 127 Å². The Kier molecular flexibility index (Phi) is 2.89. The second-order valence-electron chi connectivity index (χ2n) is 5.55. The van der Waals surface area contributed by atoms with Crippen LogP contribution in [0.4, 0.5) is 0 Å². The van der Waals surface area contributed by atoms with Crippen LogP contribution >= 0.6 is 0 Å². The Morgan fingerprint density at radius 2 is 2.14 bits per heavy atom. The van der Waals surface area contributed by atoms with E-state index in [9.17, 15) is 9.59 Å². The third kappa shape index (κ3) is 1.96. The first-order chi connectivity index (χ1) is 10.8. The summed E-state index contributed by atoms with van der Waals surface area (Å²) < 4.78 is 5.26. The van der Waals surface area contributed by atoms with Crippen LogP contribution in [0.1, 0.15) is 22.0 Å². The molecule has 4 rings (SSSR count). The predicted octanol–water partition coefficient (Wildman–Crippen LogP) is 2.80. The Morgan fingerprint density at radius 3 is 3.00 bits per heavy atom. The van der Waals surface area contributed by atoms with Gasteiger partial charge in [-0.05, 0) is 23.8 Å². The third-order valence-electron chi connectivity index (χ3n) is 4.23. The molecule has 108 valence electrons. The fourth-order valence-corrected chi connectivity index (χ4v) is 3.03. The highest BCUT2D eigenvalue weighted by molar-refractivity contribution is 5.95. The van der Waals surface area contributed by atoms with E-state index in [1.807, 2.05) is 36.4 Å². The summed E-state index contributed by atoms with van der Waals surface area (Å²) in [5, 5.41) is 0.924. The van der Waals surface area contributed by atoms with Crippen LogP contribution in [-0.4, -0.2) is 23.7 Å². The van der Waals surface area contributed by atoms with Crippen molar-refractivity contribution in [3.63, 3.8) is 0 Å². The van der Waals surface area contributed by atoms with Crippen LogP contribution in [0.15, 0.2) is 54.3 Å². The number of carbonyl (C=O) groups excluding carboxylic acids is 2. The largest absolute Gasteiger partial charge is 0.500 e. The number of carbonyl (C=O) groups is 2. The van der Waals surface area contributed by atoms with Gasteiger partial charge in [-0.1, -0.05) is 24.3 Å². The van der Waals surface area contributed by atoms with Gasteiger partial charge < -0.3 is 4.74 Å². The molecule has 2 atom stereocenters. The summed E-state index contributed by atoms with van der Waals surface area (Å²) in [6, 6.07) is 9.27. The molecule has 1 aromatic heterocycles. The highest BCUT2D eigenvalue weighted by Crippen LogP contribution is 2.35. The summed E-state index contributed by atoms with van der Waals surface area (Å²) >= 11 is 0. The Morgan fingerprint density at radius 1 is 1.23 bits per heavy atom. The molecule has 1 aliphatic carbocycles. The number of hydrogen-bond donors (Lipinski definition) is 0. The highest BCUT2D eigenvalue weighted by Gasteiger charge is 2.35. The van der Waals surface area contributed by atoms with Crippen molar-refractivity contribution in [2.45, 2.75) is 5.92 Å². The molecule has 2 unspecified atom stereocenters. The average molecular weight is 291 g/mol. The van der Waals surface area contributed by atoms with E-state index in [0.29, 0.717) is 12.3 Å². The molecule has 1 aliphatic heterocycles. The van der Waals surface area contributed by atoms with E-state index in [-0.39, 0.29) is 17.6 Å². The molecule has 22 heavy (non-hydrogen) atoms. The quantitative estimate of drug-likeness (QED) is 0.798. The zero-order valence-electron chi connectivity index (χ0n) is 11.7. The van der Waals surface area contributed by atoms with E-state index in [1.54, 1.807) is 12.3 Å². The van der Waals surface area contributed by atoms with Gasteiger partial charge in [0.15, 0.2) is 12.1 Å². The zero-order chi connectivity index (χ0) is 15.1. The van der Waals surface area contributed by atoms with E-state index in [0.717, 1.165) is 28.3 Å². The van der Waals surface area contributed by atoms with Gasteiger partial charge >= 0.3 is 0 Å². The van der Waals surface area contributed by atoms with Gasteiger partial charge in [-0.25, -0.2) is 4.98 Å². The first-order valence-corrected chi connectivity index (χ1v) is 7.16. The van der Waals surface area contributed by atoms with Crippen LogP contribution in [0.25, 0.3) is 10.9 Å². The van der Waals surface area contributed by atoms with Crippen molar-refractivity contribution in [2.24, 2.45) is 5.92 Å². The summed E-state index contributed by atoms with van der Waals surface area (Å²) in [6.45, 7) is 0.437. The number of aromatic nitrogens is 1. The molecule has 0 spiro atoms. The van der Waals surface area contributed by atoms with Crippen LogP contribution in [0.5, 0.6) is 0 Å². The van der Waals surface area contributed by atoms with Gasteiger partial charge in [0.1, 0.15) is 12.3 Å². The molecule has 0 N–H and O–H groups in total. The predicted molar refractivity (Wildman–Crippen MR) is 81.5 cm³/mol. The Balaban J connectivity index is 1.75. The van der Waals surface area contributed by atoms with E-state index < -0.39 is 0 Å². The van der Waals surface area contributed by atoms with Gasteiger partial charge in [0.05, 0.1) is 23.6 Å². The molecule has 2 heterocycles. The number of Topliss-reactive ketones (excluding diaryl/α,β-unsaturated/α-hetero) is 1. The third-order valence-corrected chi connectivity index (χ3v) is 4.23. The van der Waals surface area contributed by atoms with E-state index >= 15 is 0 Å². The maximum Gasteiger partial charge on any atom is 0.168 e. The zero-order valence-corrected chi connectivity index (χ0v) is 11.7. The van der Waals surface area contributed by atoms with Gasteiger partial charge in [-0.3, -0.25) is 9.59 Å². The number of fused-ring (bicyclic) bond motifs is 2. The lowest BCUT2D eigenvalue weighted by Crippen LogP contribution is -2.26. The van der Waals surface area contributed by atoms with Crippen molar-refractivity contribution in [3.8, 4) is 0 Å². The van der Waals surface area contributed by atoms with Crippen molar-refractivity contribution in [1.29, 1.82) is 0 Å². The second kappa shape index (κ2) is 4.91. The van der Waals surface area contributed by atoms with E-state index in [2.05, 4.69) is 4.98 Å². The van der Waals surface area contributed by atoms with Gasteiger partial charge in [-0.2, -0.15) is 0 Å². The van der Waals surface area contributed by atoms with Crippen molar-refractivity contribution in [3.05, 3.63) is 65.6 Å². The van der Waals surface area contributed by atoms with Crippen molar-refractivity contribution < 1.29 is 14.3 Å². The number of ether oxygens (including phenoxy) is 1. The number of benzene rings is 1. The topological polar surface area (TPSA) is 56.3 Å². The lowest BCUT2D eigenvalue weighted by Gasteiger charge is -2.21. The highest BCUT2D eigenvalue weighted by atomic mass is 16.5. The van der Waals surface area contributed by atoms with Crippen molar-refractivity contribution >= 4 is 23.0 Å². The maximum absolute atomic E-state index is 12.6. The van der Waals surface area contributed by atoms with Crippen LogP contribution in [0, 0.1) is 5.92 Å². The van der Waals surface area contributed by atoms with Crippen LogP contribution in [0.2, 0.25) is 0 Å². The molecule has 0 bridgehead atoms. The first kappa shape index (κ1) is 13.0. The molecule has 0 fully saturated rings. The number of allylic oxidation sites excluding steroid dienone is 2. The van der Waals surface area contributed by atoms with Gasteiger partial charge in [-0.15, -0.1) is 0 Å². The number of nitrogens with zero attached hydrogens (tertiary/aromatic N) is 1. The molecular formula is C18H13NO3. The summed E-state index contributed by atoms with van der Waals surface area (Å²) in [5.41, 5.74) is 3.07. The van der Waals surface area contributed by atoms with E-state index in [4.69, 9.17) is 4.74 Å². The molecule has 4 heteroatoms. The number of ketones is 1. The number of pyridine rings is 1. The summed E-state index contributed by atoms with van der Waals surface area (Å²) in [6.07, 6.45) is 6.30. The van der Waals surface area contributed by atoms with Crippen LogP contribution in [-0.2, 0) is 9.53 Å². The standard InChI is InChI=1S/C18H13NO3/c20-8-14-4-1-12-7-11(3-6-17(12)19-14)15-5-2-13-9-22-10-16(13)18(15)21/h1-9,15-16H,10H2. The normalized spacial score (nSPS) is 23.1. The minimum Gasteiger partial charge on any atom is -0.500 e. The second-order valence-corrected chi connectivity index (χ2v) is 5.55. The fourth-order valence-electron chi connectivity index (χ4n) is 3.03.